The van der Waals surface area contributed by atoms with Crippen LogP contribution >= 0.6 is 11.3 Å². The second-order valence-electron chi connectivity index (χ2n) is 8.70. The summed E-state index contributed by atoms with van der Waals surface area (Å²) in [6, 6.07) is 16.2. The Hall–Kier alpha value is -3.46. The minimum Gasteiger partial charge on any atom is -0.395 e. The van der Waals surface area contributed by atoms with E-state index in [4.69, 9.17) is 0 Å². The number of amides is 1. The Bertz CT molecular complexity index is 1350. The average Bonchev–Trinajstić information content (AvgIpc) is 3.50. The van der Waals surface area contributed by atoms with E-state index in [1.165, 1.54) is 11.3 Å². The number of thiophene rings is 1. The van der Waals surface area contributed by atoms with Crippen molar-refractivity contribution < 1.29 is 9.90 Å². The second kappa shape index (κ2) is 10.4. The highest BCUT2D eigenvalue weighted by Crippen LogP contribution is 2.28. The molecule has 4 aromatic rings. The van der Waals surface area contributed by atoms with Gasteiger partial charge in [0.25, 0.3) is 5.91 Å². The molecule has 0 spiro atoms. The number of hydrogen-bond donors (Lipinski definition) is 3. The zero-order chi connectivity index (χ0) is 24.2. The zero-order valence-corrected chi connectivity index (χ0v) is 20.5. The highest BCUT2D eigenvalue weighted by Gasteiger charge is 2.19. The second-order valence-corrected chi connectivity index (χ2v) is 9.61. The van der Waals surface area contributed by atoms with Crippen molar-refractivity contribution in [3.8, 4) is 0 Å². The van der Waals surface area contributed by atoms with Gasteiger partial charge in [-0.2, -0.15) is 5.10 Å². The van der Waals surface area contributed by atoms with Gasteiger partial charge < -0.3 is 15.3 Å². The fourth-order valence-electron chi connectivity index (χ4n) is 4.43. The number of aryl methyl sites for hydroxylation is 1. The van der Waals surface area contributed by atoms with Gasteiger partial charge in [-0.3, -0.25) is 14.8 Å². The number of fused-ring (bicyclic) bond motifs is 1. The largest absolute Gasteiger partial charge is 0.395 e. The molecule has 0 bridgehead atoms. The number of para-hydroxylation sites is 1. The molecule has 2 aromatic heterocycles. The molecule has 1 fully saturated rings. The van der Waals surface area contributed by atoms with Crippen LogP contribution in [0.3, 0.4) is 0 Å². The van der Waals surface area contributed by atoms with Gasteiger partial charge in [-0.15, -0.1) is 11.3 Å². The molecule has 180 valence electrons. The Morgan fingerprint density at radius 2 is 1.97 bits per heavy atom. The number of H-pyrrole nitrogens is 1. The molecule has 1 aliphatic rings. The quantitative estimate of drug-likeness (QED) is 0.358. The van der Waals surface area contributed by atoms with Gasteiger partial charge >= 0.3 is 0 Å². The Labute approximate surface area is 208 Å². The van der Waals surface area contributed by atoms with Crippen LogP contribution in [0.2, 0.25) is 0 Å². The fraction of sp³-hybridized carbons (Fsp3) is 0.259. The van der Waals surface area contributed by atoms with Gasteiger partial charge in [-0.25, -0.2) is 0 Å². The van der Waals surface area contributed by atoms with Crippen LogP contribution in [0.15, 0.2) is 53.9 Å². The van der Waals surface area contributed by atoms with Crippen molar-refractivity contribution in [3.63, 3.8) is 0 Å². The highest BCUT2D eigenvalue weighted by molar-refractivity contribution is 7.12. The minimum atomic E-state index is -0.0951. The Morgan fingerprint density at radius 1 is 1.14 bits per heavy atom. The topological polar surface area (TPSA) is 84.5 Å². The first-order valence-corrected chi connectivity index (χ1v) is 12.7. The molecule has 7 nitrogen and oxygen atoms in total. The van der Waals surface area contributed by atoms with E-state index in [0.717, 1.165) is 70.2 Å². The van der Waals surface area contributed by atoms with Gasteiger partial charge in [0, 0.05) is 43.8 Å². The lowest BCUT2D eigenvalue weighted by Crippen LogP contribution is -2.47. The lowest BCUT2D eigenvalue weighted by Gasteiger charge is -2.36. The van der Waals surface area contributed by atoms with Gasteiger partial charge in [0.1, 0.15) is 0 Å². The third-order valence-electron chi connectivity index (χ3n) is 6.43. The molecule has 3 N–H and O–H groups in total. The molecule has 0 unspecified atom stereocenters. The number of anilines is 2. The Kier molecular flexibility index (Phi) is 6.94. The summed E-state index contributed by atoms with van der Waals surface area (Å²) in [4.78, 5) is 18.4. The molecule has 0 aliphatic carbocycles. The maximum absolute atomic E-state index is 13.1. The summed E-state index contributed by atoms with van der Waals surface area (Å²) in [7, 11) is 0. The molecule has 1 amide bonds. The number of carbonyl (C=O) groups is 1. The Balaban J connectivity index is 1.43. The number of aromatic amines is 1. The number of aromatic nitrogens is 2. The number of aliphatic hydroxyl groups is 1. The van der Waals surface area contributed by atoms with Gasteiger partial charge in [-0.05, 0) is 53.8 Å². The van der Waals surface area contributed by atoms with E-state index in [9.17, 15) is 9.90 Å². The van der Waals surface area contributed by atoms with Crippen molar-refractivity contribution in [1.29, 1.82) is 0 Å². The molecule has 2 aromatic carbocycles. The summed E-state index contributed by atoms with van der Waals surface area (Å²) in [5.41, 5.74) is 5.59. The first-order chi connectivity index (χ1) is 17.1. The predicted molar refractivity (Wildman–Crippen MR) is 144 cm³/mol. The summed E-state index contributed by atoms with van der Waals surface area (Å²) < 4.78 is 0. The number of benzene rings is 2. The molecule has 0 atom stereocenters. The molecule has 0 radical (unpaired) electrons. The molecule has 8 heteroatoms. The SMILES string of the molecule is Cc1ccsc1C(=O)Nc1cc(N2CCN(CCO)CC2)ccc1C=Cc1n[nH]c2ccccc12. The summed E-state index contributed by atoms with van der Waals surface area (Å²) >= 11 is 1.45. The number of carbonyl (C=O) groups excluding carboxylic acids is 1. The number of β-amino-alcohol motifs (C(OH)–C–C–N with tert-alkyl or cyclic N) is 1. The van der Waals surface area contributed by atoms with Crippen molar-refractivity contribution in [1.82, 2.24) is 15.1 Å². The Morgan fingerprint density at radius 3 is 2.74 bits per heavy atom. The van der Waals surface area contributed by atoms with E-state index in [2.05, 4.69) is 43.5 Å². The maximum atomic E-state index is 13.1. The molecule has 1 aliphatic heterocycles. The number of hydrogen-bond acceptors (Lipinski definition) is 6. The average molecular weight is 488 g/mol. The van der Waals surface area contributed by atoms with Crippen LogP contribution in [-0.4, -0.2) is 65.4 Å². The first-order valence-electron chi connectivity index (χ1n) is 11.8. The molecular formula is C27H29N5O2S. The summed E-state index contributed by atoms with van der Waals surface area (Å²) in [5.74, 6) is -0.0951. The van der Waals surface area contributed by atoms with Gasteiger partial charge in [0.15, 0.2) is 0 Å². The van der Waals surface area contributed by atoms with Crippen LogP contribution in [0, 0.1) is 6.92 Å². The van der Waals surface area contributed by atoms with Crippen molar-refractivity contribution in [3.05, 3.63) is 75.6 Å². The third-order valence-corrected chi connectivity index (χ3v) is 7.44. The van der Waals surface area contributed by atoms with E-state index in [1.807, 2.05) is 54.8 Å². The standard InChI is InChI=1S/C27H29N5O2S/c1-19-10-17-35-26(19)27(34)28-25-18-21(32-13-11-31(12-14-32)15-16-33)8-6-20(25)7-9-24-22-4-2-3-5-23(22)29-30-24/h2-10,17-18,33H,11-16H2,1H3,(H,28,34)(H,29,30). The molecule has 3 heterocycles. The van der Waals surface area contributed by atoms with E-state index >= 15 is 0 Å². The van der Waals surface area contributed by atoms with Crippen molar-refractivity contribution >= 4 is 51.7 Å². The highest BCUT2D eigenvalue weighted by atomic mass is 32.1. The van der Waals surface area contributed by atoms with Crippen LogP contribution < -0.4 is 10.2 Å². The number of nitrogens with one attached hydrogen (secondary N) is 2. The molecule has 0 saturated carbocycles. The number of piperazine rings is 1. The number of aliphatic hydroxyl groups excluding tert-OH is 1. The summed E-state index contributed by atoms with van der Waals surface area (Å²) in [6.45, 7) is 6.43. The van der Waals surface area contributed by atoms with E-state index < -0.39 is 0 Å². The predicted octanol–water partition coefficient (Wildman–Crippen LogP) is 4.47. The van der Waals surface area contributed by atoms with Crippen LogP contribution in [0.1, 0.15) is 26.5 Å². The van der Waals surface area contributed by atoms with E-state index in [1.54, 1.807) is 0 Å². The van der Waals surface area contributed by atoms with Crippen molar-refractivity contribution in [2.45, 2.75) is 6.92 Å². The molecule has 5 rings (SSSR count). The minimum absolute atomic E-state index is 0.0951. The van der Waals surface area contributed by atoms with Crippen LogP contribution in [0.4, 0.5) is 11.4 Å². The van der Waals surface area contributed by atoms with Crippen LogP contribution in [0.5, 0.6) is 0 Å². The van der Waals surface area contributed by atoms with Crippen molar-refractivity contribution in [2.75, 3.05) is 49.5 Å². The number of nitrogens with zero attached hydrogens (tertiary/aromatic N) is 3. The van der Waals surface area contributed by atoms with Gasteiger partial charge in [0.05, 0.1) is 28.4 Å². The van der Waals surface area contributed by atoms with Crippen molar-refractivity contribution in [2.24, 2.45) is 0 Å². The third kappa shape index (κ3) is 5.14. The zero-order valence-electron chi connectivity index (χ0n) is 19.7. The normalized spacial score (nSPS) is 14.7. The smallest absolute Gasteiger partial charge is 0.266 e. The summed E-state index contributed by atoms with van der Waals surface area (Å²) in [5, 5.41) is 22.9. The lowest BCUT2D eigenvalue weighted by molar-refractivity contribution is 0.103. The lowest BCUT2D eigenvalue weighted by atomic mass is 10.1. The van der Waals surface area contributed by atoms with E-state index in [0.29, 0.717) is 6.54 Å². The molecule has 35 heavy (non-hydrogen) atoms. The summed E-state index contributed by atoms with van der Waals surface area (Å²) in [6.07, 6.45) is 3.98. The molecule has 1 saturated heterocycles. The van der Waals surface area contributed by atoms with Crippen LogP contribution in [0.25, 0.3) is 23.1 Å². The van der Waals surface area contributed by atoms with Gasteiger partial charge in [-0.1, -0.05) is 30.3 Å². The van der Waals surface area contributed by atoms with Gasteiger partial charge in [0.2, 0.25) is 0 Å². The molecular weight excluding hydrogens is 458 g/mol. The van der Waals surface area contributed by atoms with E-state index in [-0.39, 0.29) is 12.5 Å². The van der Waals surface area contributed by atoms with Crippen LogP contribution in [-0.2, 0) is 0 Å². The fourth-order valence-corrected chi connectivity index (χ4v) is 5.25. The number of rotatable bonds is 7. The maximum Gasteiger partial charge on any atom is 0.266 e. The first kappa shape index (κ1) is 23.3. The monoisotopic (exact) mass is 487 g/mol.